The van der Waals surface area contributed by atoms with Gasteiger partial charge in [-0.15, -0.1) is 11.3 Å². The van der Waals surface area contributed by atoms with Crippen molar-refractivity contribution in [2.75, 3.05) is 18.4 Å². The fourth-order valence-electron chi connectivity index (χ4n) is 3.59. The maximum Gasteiger partial charge on any atom is 0.243 e. The van der Waals surface area contributed by atoms with E-state index in [2.05, 4.69) is 10.3 Å². The molecule has 1 aromatic carbocycles. The Morgan fingerprint density at radius 1 is 1.16 bits per heavy atom. The zero-order chi connectivity index (χ0) is 21.8. The van der Waals surface area contributed by atoms with Crippen molar-refractivity contribution < 1.29 is 17.6 Å². The summed E-state index contributed by atoms with van der Waals surface area (Å²) in [6, 6.07) is 10.2. The van der Waals surface area contributed by atoms with Gasteiger partial charge in [-0.1, -0.05) is 18.9 Å². The van der Waals surface area contributed by atoms with E-state index < -0.39 is 10.0 Å². The number of nitrogens with zero attached hydrogens (tertiary/aromatic N) is 2. The van der Waals surface area contributed by atoms with Crippen LogP contribution in [0, 0.1) is 6.92 Å². The minimum absolute atomic E-state index is 0.0965. The normalized spacial score (nSPS) is 15.5. The van der Waals surface area contributed by atoms with Crippen molar-refractivity contribution in [3.63, 3.8) is 0 Å². The van der Waals surface area contributed by atoms with Crippen LogP contribution in [0.3, 0.4) is 0 Å². The zero-order valence-corrected chi connectivity index (χ0v) is 19.0. The van der Waals surface area contributed by atoms with E-state index in [0.29, 0.717) is 30.2 Å². The molecule has 1 saturated heterocycles. The molecule has 1 aliphatic heterocycles. The predicted octanol–water partition coefficient (Wildman–Crippen LogP) is 4.46. The molecule has 0 atom stereocenters. The van der Waals surface area contributed by atoms with Crippen LogP contribution in [-0.4, -0.2) is 36.7 Å². The van der Waals surface area contributed by atoms with Crippen molar-refractivity contribution in [3.8, 4) is 10.8 Å². The highest BCUT2D eigenvalue weighted by molar-refractivity contribution is 7.89. The Hall–Kier alpha value is -2.49. The van der Waals surface area contributed by atoms with Gasteiger partial charge in [-0.05, 0) is 50.1 Å². The van der Waals surface area contributed by atoms with E-state index in [1.807, 2.05) is 24.4 Å². The van der Waals surface area contributed by atoms with Gasteiger partial charge in [-0.25, -0.2) is 13.4 Å². The summed E-state index contributed by atoms with van der Waals surface area (Å²) in [5, 5.41) is 5.34. The molecule has 4 rings (SSSR count). The highest BCUT2D eigenvalue weighted by atomic mass is 32.2. The summed E-state index contributed by atoms with van der Waals surface area (Å²) in [5.41, 5.74) is 1.10. The predicted molar refractivity (Wildman–Crippen MR) is 121 cm³/mol. The quantitative estimate of drug-likeness (QED) is 0.588. The van der Waals surface area contributed by atoms with Crippen molar-refractivity contribution in [3.05, 3.63) is 53.2 Å². The number of benzene rings is 1. The number of hydrogen-bond acceptors (Lipinski definition) is 6. The minimum Gasteiger partial charge on any atom is -0.459 e. The molecule has 0 aliphatic carbocycles. The Kier molecular flexibility index (Phi) is 6.54. The summed E-state index contributed by atoms with van der Waals surface area (Å²) in [6.07, 6.45) is 3.96. The lowest BCUT2D eigenvalue weighted by molar-refractivity contribution is -0.115. The van der Waals surface area contributed by atoms with Crippen LogP contribution in [-0.2, 0) is 21.2 Å². The minimum atomic E-state index is -3.57. The first-order chi connectivity index (χ1) is 14.9. The highest BCUT2D eigenvalue weighted by Crippen LogP contribution is 2.26. The van der Waals surface area contributed by atoms with Crippen molar-refractivity contribution in [1.29, 1.82) is 0 Å². The number of rotatable bonds is 6. The number of aryl methyl sites for hydroxylation is 1. The van der Waals surface area contributed by atoms with Crippen LogP contribution in [0.1, 0.15) is 37.1 Å². The van der Waals surface area contributed by atoms with Crippen molar-refractivity contribution in [1.82, 2.24) is 9.29 Å². The molecular formula is C22H25N3O4S2. The summed E-state index contributed by atoms with van der Waals surface area (Å²) in [6.45, 7) is 2.95. The van der Waals surface area contributed by atoms with Crippen LogP contribution in [0.15, 0.2) is 51.1 Å². The van der Waals surface area contributed by atoms with E-state index in [4.69, 9.17) is 4.42 Å². The lowest BCUT2D eigenvalue weighted by atomic mass is 10.2. The third kappa shape index (κ3) is 5.23. The summed E-state index contributed by atoms with van der Waals surface area (Å²) < 4.78 is 33.1. The number of aromatic nitrogens is 1. The Labute approximate surface area is 186 Å². The molecule has 164 valence electrons. The SMILES string of the molecule is Cc1ccc(-c2nc(CC(=O)Nc3cccc(S(=O)(=O)N4CCCCCC4)c3)cs2)o1. The van der Waals surface area contributed by atoms with Gasteiger partial charge < -0.3 is 9.73 Å². The lowest BCUT2D eigenvalue weighted by Crippen LogP contribution is -2.32. The molecule has 0 saturated carbocycles. The number of anilines is 1. The van der Waals surface area contributed by atoms with Crippen LogP contribution in [0.2, 0.25) is 0 Å². The number of carbonyl (C=O) groups excluding carboxylic acids is 1. The fraction of sp³-hybridized carbons (Fsp3) is 0.364. The highest BCUT2D eigenvalue weighted by Gasteiger charge is 2.25. The molecule has 1 N–H and O–H groups in total. The second-order valence-corrected chi connectivity index (χ2v) is 10.4. The maximum atomic E-state index is 13.0. The van der Waals surface area contributed by atoms with E-state index in [1.165, 1.54) is 17.4 Å². The molecular weight excluding hydrogens is 434 g/mol. The van der Waals surface area contributed by atoms with Crippen LogP contribution >= 0.6 is 11.3 Å². The van der Waals surface area contributed by atoms with Crippen molar-refractivity contribution in [2.24, 2.45) is 0 Å². The molecule has 7 nitrogen and oxygen atoms in total. The van der Waals surface area contributed by atoms with Crippen LogP contribution in [0.5, 0.6) is 0 Å². The van der Waals surface area contributed by atoms with E-state index >= 15 is 0 Å². The lowest BCUT2D eigenvalue weighted by Gasteiger charge is -2.20. The summed E-state index contributed by atoms with van der Waals surface area (Å²) in [7, 11) is -3.57. The second kappa shape index (κ2) is 9.33. The van der Waals surface area contributed by atoms with Gasteiger partial charge in [0.15, 0.2) is 10.8 Å². The standard InChI is InChI=1S/C22H25N3O4S2/c1-16-9-10-20(29-16)22-24-18(15-30-22)14-21(26)23-17-7-6-8-19(13-17)31(27,28)25-11-4-2-3-5-12-25/h6-10,13,15H,2-5,11-12,14H2,1H3,(H,23,26). The molecule has 0 unspecified atom stereocenters. The molecule has 0 radical (unpaired) electrons. The van der Waals surface area contributed by atoms with Gasteiger partial charge in [0.25, 0.3) is 0 Å². The average molecular weight is 460 g/mol. The molecule has 0 spiro atoms. The number of hydrogen-bond donors (Lipinski definition) is 1. The molecule has 3 aromatic rings. The molecule has 2 aromatic heterocycles. The largest absolute Gasteiger partial charge is 0.459 e. The monoisotopic (exact) mass is 459 g/mol. The maximum absolute atomic E-state index is 13.0. The van der Waals surface area contributed by atoms with Gasteiger partial charge in [-0.2, -0.15) is 4.31 Å². The van der Waals surface area contributed by atoms with Gasteiger partial charge in [-0.3, -0.25) is 4.79 Å². The first-order valence-corrected chi connectivity index (χ1v) is 12.6. The zero-order valence-electron chi connectivity index (χ0n) is 17.3. The third-order valence-electron chi connectivity index (χ3n) is 5.17. The Morgan fingerprint density at radius 3 is 2.65 bits per heavy atom. The van der Waals surface area contributed by atoms with Crippen LogP contribution in [0.25, 0.3) is 10.8 Å². The Bertz CT molecular complexity index is 1160. The van der Waals surface area contributed by atoms with Gasteiger partial charge in [0, 0.05) is 24.2 Å². The summed E-state index contributed by atoms with van der Waals surface area (Å²) >= 11 is 1.42. The molecule has 1 fully saturated rings. The smallest absolute Gasteiger partial charge is 0.243 e. The number of carbonyl (C=O) groups is 1. The van der Waals surface area contributed by atoms with Crippen molar-refractivity contribution in [2.45, 2.75) is 43.9 Å². The van der Waals surface area contributed by atoms with Gasteiger partial charge >= 0.3 is 0 Å². The number of thiazole rings is 1. The molecule has 0 bridgehead atoms. The second-order valence-electron chi connectivity index (χ2n) is 7.63. The number of nitrogens with one attached hydrogen (secondary N) is 1. The fourth-order valence-corrected chi connectivity index (χ4v) is 5.93. The molecule has 9 heteroatoms. The summed E-state index contributed by atoms with van der Waals surface area (Å²) in [5.74, 6) is 1.23. The molecule has 3 heterocycles. The van der Waals surface area contributed by atoms with Gasteiger partial charge in [0.2, 0.25) is 15.9 Å². The third-order valence-corrected chi connectivity index (χ3v) is 7.97. The molecule has 1 amide bonds. The van der Waals surface area contributed by atoms with Gasteiger partial charge in [0.05, 0.1) is 17.0 Å². The van der Waals surface area contributed by atoms with E-state index in [-0.39, 0.29) is 17.2 Å². The number of amides is 1. The summed E-state index contributed by atoms with van der Waals surface area (Å²) in [4.78, 5) is 17.2. The van der Waals surface area contributed by atoms with E-state index in [9.17, 15) is 13.2 Å². The Balaban J connectivity index is 1.43. The van der Waals surface area contributed by atoms with Gasteiger partial charge in [0.1, 0.15) is 5.76 Å². The molecule has 1 aliphatic rings. The average Bonchev–Trinajstić information content (AvgIpc) is 3.28. The van der Waals surface area contributed by atoms with E-state index in [1.54, 1.807) is 22.5 Å². The topological polar surface area (TPSA) is 92.5 Å². The first-order valence-electron chi connectivity index (χ1n) is 10.3. The van der Waals surface area contributed by atoms with Crippen molar-refractivity contribution >= 4 is 33.0 Å². The van der Waals surface area contributed by atoms with Crippen LogP contribution < -0.4 is 5.32 Å². The molecule has 31 heavy (non-hydrogen) atoms. The van der Waals surface area contributed by atoms with Crippen LogP contribution in [0.4, 0.5) is 5.69 Å². The number of furan rings is 1. The van der Waals surface area contributed by atoms with E-state index in [0.717, 1.165) is 36.5 Å². The Morgan fingerprint density at radius 2 is 1.94 bits per heavy atom. The number of sulfonamides is 1. The first kappa shape index (κ1) is 21.7.